The highest BCUT2D eigenvalue weighted by Crippen LogP contribution is 2.31. The Labute approximate surface area is 166 Å². The number of thiophene rings is 1. The second kappa shape index (κ2) is 8.15. The number of aromatic nitrogens is 2. The molecule has 0 aliphatic carbocycles. The number of thioether (sulfide) groups is 1. The summed E-state index contributed by atoms with van der Waals surface area (Å²) in [6.45, 7) is 5.94. The molecular formula is C20H21N3O2S2. The average molecular weight is 400 g/mol. The maximum atomic E-state index is 13.4. The number of benzene rings is 1. The van der Waals surface area contributed by atoms with E-state index in [-0.39, 0.29) is 11.5 Å². The van der Waals surface area contributed by atoms with Gasteiger partial charge in [-0.2, -0.15) is 5.26 Å². The third-order valence-electron chi connectivity index (χ3n) is 4.35. The summed E-state index contributed by atoms with van der Waals surface area (Å²) in [4.78, 5) is 20.2. The fraction of sp³-hybridized carbons (Fsp3) is 0.350. The van der Waals surface area contributed by atoms with Crippen molar-refractivity contribution in [3.63, 3.8) is 0 Å². The van der Waals surface area contributed by atoms with Crippen LogP contribution < -0.4 is 10.3 Å². The predicted octanol–water partition coefficient (Wildman–Crippen LogP) is 4.58. The van der Waals surface area contributed by atoms with Gasteiger partial charge in [0.2, 0.25) is 0 Å². The number of ether oxygens (including phenoxy) is 1. The van der Waals surface area contributed by atoms with Crippen molar-refractivity contribution in [3.05, 3.63) is 45.1 Å². The van der Waals surface area contributed by atoms with Crippen LogP contribution >= 0.6 is 23.1 Å². The Hall–Kier alpha value is -2.30. The number of rotatable bonds is 6. The van der Waals surface area contributed by atoms with Gasteiger partial charge < -0.3 is 4.74 Å². The Morgan fingerprint density at radius 2 is 2.22 bits per heavy atom. The van der Waals surface area contributed by atoms with Gasteiger partial charge in [0.25, 0.3) is 5.56 Å². The number of aryl methyl sites for hydroxylation is 2. The number of nitriles is 1. The zero-order chi connectivity index (χ0) is 19.6. The molecule has 0 saturated heterocycles. The first kappa shape index (κ1) is 19.5. The zero-order valence-corrected chi connectivity index (χ0v) is 17.4. The van der Waals surface area contributed by atoms with E-state index in [2.05, 4.69) is 13.0 Å². The van der Waals surface area contributed by atoms with E-state index in [1.54, 1.807) is 23.0 Å². The molecule has 1 aromatic carbocycles. The Balaban J connectivity index is 2.26. The Morgan fingerprint density at radius 1 is 1.44 bits per heavy atom. The van der Waals surface area contributed by atoms with Crippen molar-refractivity contribution in [3.8, 4) is 17.5 Å². The molecule has 1 atom stereocenters. The minimum Gasteiger partial charge on any atom is -0.497 e. The fourth-order valence-electron chi connectivity index (χ4n) is 2.86. The lowest BCUT2D eigenvalue weighted by atomic mass is 10.2. The van der Waals surface area contributed by atoms with Gasteiger partial charge in [-0.15, -0.1) is 11.3 Å². The van der Waals surface area contributed by atoms with Gasteiger partial charge in [0.15, 0.2) is 5.16 Å². The van der Waals surface area contributed by atoms with Crippen LogP contribution in [-0.4, -0.2) is 22.4 Å². The molecular weight excluding hydrogens is 378 g/mol. The van der Waals surface area contributed by atoms with Gasteiger partial charge in [-0.05, 0) is 38.0 Å². The van der Waals surface area contributed by atoms with Crippen molar-refractivity contribution >= 4 is 33.3 Å². The van der Waals surface area contributed by atoms with Crippen LogP contribution in [0.2, 0.25) is 0 Å². The lowest BCUT2D eigenvalue weighted by Crippen LogP contribution is -2.22. The summed E-state index contributed by atoms with van der Waals surface area (Å²) in [7, 11) is 1.60. The van der Waals surface area contributed by atoms with Crippen molar-refractivity contribution in [1.82, 2.24) is 9.55 Å². The van der Waals surface area contributed by atoms with Crippen LogP contribution in [0.4, 0.5) is 0 Å². The van der Waals surface area contributed by atoms with Crippen molar-refractivity contribution in [2.75, 3.05) is 12.9 Å². The fourth-order valence-corrected chi connectivity index (χ4v) is 4.97. The van der Waals surface area contributed by atoms with Crippen molar-refractivity contribution in [1.29, 1.82) is 5.26 Å². The Kier molecular flexibility index (Phi) is 5.88. The van der Waals surface area contributed by atoms with Crippen LogP contribution in [0, 0.1) is 24.2 Å². The van der Waals surface area contributed by atoms with E-state index >= 15 is 0 Å². The Morgan fingerprint density at radius 3 is 2.89 bits per heavy atom. The number of fused-ring (bicyclic) bond motifs is 1. The molecule has 0 saturated carbocycles. The van der Waals surface area contributed by atoms with Crippen LogP contribution in [0.3, 0.4) is 0 Å². The molecule has 0 unspecified atom stereocenters. The minimum atomic E-state index is -0.127. The molecule has 3 rings (SSSR count). The second-order valence-corrected chi connectivity index (χ2v) is 8.33. The predicted molar refractivity (Wildman–Crippen MR) is 111 cm³/mol. The van der Waals surface area contributed by atoms with Gasteiger partial charge in [0.1, 0.15) is 10.6 Å². The molecule has 0 aliphatic heterocycles. The molecule has 5 nitrogen and oxygen atoms in total. The molecule has 2 aromatic heterocycles. The molecule has 0 fully saturated rings. The van der Waals surface area contributed by atoms with Gasteiger partial charge >= 0.3 is 0 Å². The van der Waals surface area contributed by atoms with E-state index in [4.69, 9.17) is 15.0 Å². The number of hydrogen-bond donors (Lipinski definition) is 0. The lowest BCUT2D eigenvalue weighted by molar-refractivity contribution is 0.414. The van der Waals surface area contributed by atoms with Crippen LogP contribution in [-0.2, 0) is 6.42 Å². The normalized spacial score (nSPS) is 12.1. The minimum absolute atomic E-state index is 0.0752. The highest BCUT2D eigenvalue weighted by molar-refractivity contribution is 7.99. The topological polar surface area (TPSA) is 67.9 Å². The lowest BCUT2D eigenvalue weighted by Gasteiger charge is -2.13. The van der Waals surface area contributed by atoms with Crippen LogP contribution in [0.15, 0.2) is 34.2 Å². The summed E-state index contributed by atoms with van der Waals surface area (Å²) in [5.41, 5.74) is 1.65. The smallest absolute Gasteiger partial charge is 0.267 e. The summed E-state index contributed by atoms with van der Waals surface area (Å²) < 4.78 is 6.96. The van der Waals surface area contributed by atoms with E-state index in [1.807, 2.05) is 38.1 Å². The molecule has 0 amide bonds. The first-order valence-corrected chi connectivity index (χ1v) is 10.5. The molecule has 0 spiro atoms. The van der Waals surface area contributed by atoms with Gasteiger partial charge in [-0.3, -0.25) is 9.36 Å². The van der Waals surface area contributed by atoms with Crippen LogP contribution in [0.25, 0.3) is 15.9 Å². The summed E-state index contributed by atoms with van der Waals surface area (Å²) in [5, 5.41) is 10.4. The summed E-state index contributed by atoms with van der Waals surface area (Å²) in [6, 6.07) is 9.63. The maximum Gasteiger partial charge on any atom is 0.267 e. The maximum absolute atomic E-state index is 13.4. The summed E-state index contributed by atoms with van der Waals surface area (Å²) >= 11 is 3.01. The zero-order valence-electron chi connectivity index (χ0n) is 15.8. The molecule has 0 N–H and O–H groups in total. The third kappa shape index (κ3) is 3.73. The van der Waals surface area contributed by atoms with E-state index < -0.39 is 0 Å². The van der Waals surface area contributed by atoms with E-state index in [1.165, 1.54) is 16.6 Å². The number of nitrogens with zero attached hydrogens (tertiary/aromatic N) is 3. The first-order valence-electron chi connectivity index (χ1n) is 8.72. The summed E-state index contributed by atoms with van der Waals surface area (Å²) in [5.74, 6) is 1.12. The van der Waals surface area contributed by atoms with E-state index in [0.717, 1.165) is 16.8 Å². The van der Waals surface area contributed by atoms with Gasteiger partial charge in [0.05, 0.1) is 30.2 Å². The molecule has 0 bridgehead atoms. The second-order valence-electron chi connectivity index (χ2n) is 6.26. The standard InChI is InChI=1S/C20H21N3O2S2/c1-5-16-13(3)17-18(27-16)22-20(26-11-12(2)10-21)23(19(17)24)14-7-6-8-15(9-14)25-4/h6-9,12H,5,11H2,1-4H3/t12-/m0/s1. The molecule has 0 aliphatic rings. The first-order chi connectivity index (χ1) is 13.0. The summed E-state index contributed by atoms with van der Waals surface area (Å²) in [6.07, 6.45) is 0.874. The highest BCUT2D eigenvalue weighted by Gasteiger charge is 2.19. The molecule has 140 valence electrons. The quantitative estimate of drug-likeness (QED) is 0.448. The highest BCUT2D eigenvalue weighted by atomic mass is 32.2. The molecule has 2 heterocycles. The van der Waals surface area contributed by atoms with Gasteiger partial charge in [0, 0.05) is 16.7 Å². The Bertz CT molecular complexity index is 1080. The average Bonchev–Trinajstić information content (AvgIpc) is 3.01. The molecule has 27 heavy (non-hydrogen) atoms. The SMILES string of the molecule is CCc1sc2nc(SC[C@@H](C)C#N)n(-c3cccc(OC)c3)c(=O)c2c1C. The van der Waals surface area contributed by atoms with E-state index in [0.29, 0.717) is 27.7 Å². The molecule has 0 radical (unpaired) electrons. The van der Waals surface area contributed by atoms with Crippen molar-refractivity contribution in [2.24, 2.45) is 5.92 Å². The van der Waals surface area contributed by atoms with Gasteiger partial charge in [-0.1, -0.05) is 24.8 Å². The number of methoxy groups -OCH3 is 1. The van der Waals surface area contributed by atoms with Crippen LogP contribution in [0.5, 0.6) is 5.75 Å². The third-order valence-corrected chi connectivity index (χ3v) is 6.88. The largest absolute Gasteiger partial charge is 0.497 e. The molecule has 3 aromatic rings. The molecule has 7 heteroatoms. The van der Waals surface area contributed by atoms with Crippen molar-refractivity contribution < 1.29 is 4.74 Å². The van der Waals surface area contributed by atoms with Crippen molar-refractivity contribution in [2.45, 2.75) is 32.3 Å². The monoisotopic (exact) mass is 399 g/mol. The van der Waals surface area contributed by atoms with Gasteiger partial charge in [-0.25, -0.2) is 4.98 Å². The van der Waals surface area contributed by atoms with Crippen LogP contribution in [0.1, 0.15) is 24.3 Å². The number of hydrogen-bond acceptors (Lipinski definition) is 6. The van der Waals surface area contributed by atoms with E-state index in [9.17, 15) is 4.79 Å².